The highest BCUT2D eigenvalue weighted by Gasteiger charge is 2.27. The van der Waals surface area contributed by atoms with Gasteiger partial charge in [0.05, 0.1) is 0 Å². The first-order valence-electron chi connectivity index (χ1n) is 12.3. The molecule has 0 N–H and O–H groups in total. The first-order chi connectivity index (χ1) is 13.7. The van der Waals surface area contributed by atoms with E-state index in [4.69, 9.17) is 0 Å². The molecule has 0 fully saturated rings. The molecule has 28 heavy (non-hydrogen) atoms. The van der Waals surface area contributed by atoms with Crippen molar-refractivity contribution in [2.75, 3.05) is 11.5 Å². The van der Waals surface area contributed by atoms with Crippen molar-refractivity contribution in [3.05, 3.63) is 30.3 Å². The third kappa shape index (κ3) is 12.0. The molecule has 1 aromatic carbocycles. The SMILES string of the molecule is CCCCCCCCCCCCCCCCCC[S+](=O)(CC)c1ccccc1. The average Bonchev–Trinajstić information content (AvgIpc) is 2.74. The van der Waals surface area contributed by atoms with E-state index in [1.54, 1.807) is 0 Å². The molecular formula is C26H47OS+. The van der Waals surface area contributed by atoms with Gasteiger partial charge in [0, 0.05) is 0 Å². The third-order valence-corrected chi connectivity index (χ3v) is 8.98. The summed E-state index contributed by atoms with van der Waals surface area (Å²) in [6, 6.07) is 10.1. The maximum atomic E-state index is 13.1. The molecule has 1 atom stereocenters. The van der Waals surface area contributed by atoms with Crippen LogP contribution in [0.4, 0.5) is 0 Å². The molecule has 0 aliphatic rings. The van der Waals surface area contributed by atoms with Crippen molar-refractivity contribution in [2.24, 2.45) is 0 Å². The molecule has 0 saturated heterocycles. The van der Waals surface area contributed by atoms with Crippen LogP contribution in [0.2, 0.25) is 0 Å². The molecule has 0 radical (unpaired) electrons. The Morgan fingerprint density at radius 2 is 0.964 bits per heavy atom. The monoisotopic (exact) mass is 407 g/mol. The van der Waals surface area contributed by atoms with Gasteiger partial charge in [-0.25, -0.2) is 0 Å². The van der Waals surface area contributed by atoms with E-state index in [0.717, 1.165) is 22.8 Å². The van der Waals surface area contributed by atoms with E-state index in [1.807, 2.05) is 30.3 Å². The molecule has 0 heterocycles. The predicted octanol–water partition coefficient (Wildman–Crippen LogP) is 8.83. The van der Waals surface area contributed by atoms with Crippen LogP contribution in [0.3, 0.4) is 0 Å². The van der Waals surface area contributed by atoms with Gasteiger partial charge in [-0.1, -0.05) is 119 Å². The average molecular weight is 408 g/mol. The molecule has 0 aromatic heterocycles. The highest BCUT2D eigenvalue weighted by molar-refractivity contribution is 8.02. The molecule has 0 bridgehead atoms. The van der Waals surface area contributed by atoms with E-state index in [9.17, 15) is 4.21 Å². The number of rotatable bonds is 19. The summed E-state index contributed by atoms with van der Waals surface area (Å²) < 4.78 is 13.1. The fourth-order valence-electron chi connectivity index (χ4n) is 3.98. The summed E-state index contributed by atoms with van der Waals surface area (Å²) in [6.45, 7) is 4.36. The van der Waals surface area contributed by atoms with Gasteiger partial charge in [-0.15, -0.1) is 0 Å². The molecule has 0 spiro atoms. The molecule has 1 unspecified atom stereocenters. The lowest BCUT2D eigenvalue weighted by Gasteiger charge is -2.10. The fraction of sp³-hybridized carbons (Fsp3) is 0.769. The number of unbranched alkanes of at least 4 members (excludes halogenated alkanes) is 15. The largest absolute Gasteiger partial charge is 0.158 e. The molecule has 0 aliphatic heterocycles. The van der Waals surface area contributed by atoms with E-state index >= 15 is 0 Å². The maximum Gasteiger partial charge on any atom is 0.158 e. The lowest BCUT2D eigenvalue weighted by atomic mass is 10.0. The van der Waals surface area contributed by atoms with Gasteiger partial charge in [-0.2, -0.15) is 0 Å². The zero-order valence-electron chi connectivity index (χ0n) is 18.9. The van der Waals surface area contributed by atoms with E-state index in [2.05, 4.69) is 13.8 Å². The van der Waals surface area contributed by atoms with Gasteiger partial charge in [0.15, 0.2) is 4.90 Å². The van der Waals surface area contributed by atoms with E-state index in [1.165, 1.54) is 96.3 Å². The van der Waals surface area contributed by atoms with Crippen LogP contribution in [0.15, 0.2) is 35.2 Å². The zero-order chi connectivity index (χ0) is 20.3. The van der Waals surface area contributed by atoms with Crippen molar-refractivity contribution in [2.45, 2.75) is 121 Å². The Hall–Kier alpha value is -0.630. The molecule has 0 aliphatic carbocycles. The number of benzene rings is 1. The van der Waals surface area contributed by atoms with Gasteiger partial charge < -0.3 is 0 Å². The minimum absolute atomic E-state index is 0.774. The van der Waals surface area contributed by atoms with E-state index in [-0.39, 0.29) is 0 Å². The Morgan fingerprint density at radius 1 is 0.571 bits per heavy atom. The molecule has 0 saturated carbocycles. The minimum atomic E-state index is -1.83. The molecule has 162 valence electrons. The lowest BCUT2D eigenvalue weighted by Crippen LogP contribution is -2.18. The second-order valence-electron chi connectivity index (χ2n) is 8.42. The van der Waals surface area contributed by atoms with Crippen LogP contribution in [0, 0.1) is 0 Å². The molecular weight excluding hydrogens is 360 g/mol. The summed E-state index contributed by atoms with van der Waals surface area (Å²) in [7, 11) is -1.83. The first kappa shape index (κ1) is 25.4. The van der Waals surface area contributed by atoms with Crippen LogP contribution in [-0.2, 0) is 14.1 Å². The fourth-order valence-corrected chi connectivity index (χ4v) is 6.16. The number of hydrogen-bond acceptors (Lipinski definition) is 1. The van der Waals surface area contributed by atoms with Crippen molar-refractivity contribution < 1.29 is 4.21 Å². The lowest BCUT2D eigenvalue weighted by molar-refractivity contribution is 0.531. The van der Waals surface area contributed by atoms with Gasteiger partial charge in [0.1, 0.15) is 21.4 Å². The Morgan fingerprint density at radius 3 is 1.36 bits per heavy atom. The normalized spacial score (nSPS) is 13.5. The van der Waals surface area contributed by atoms with Crippen LogP contribution >= 0.6 is 0 Å². The van der Waals surface area contributed by atoms with Crippen molar-refractivity contribution >= 4 is 9.93 Å². The van der Waals surface area contributed by atoms with Crippen LogP contribution < -0.4 is 0 Å². The first-order valence-corrected chi connectivity index (χ1v) is 14.2. The summed E-state index contributed by atoms with van der Waals surface area (Å²) in [5.41, 5.74) is 0. The Labute approximate surface area is 177 Å². The summed E-state index contributed by atoms with van der Waals surface area (Å²) >= 11 is 0. The van der Waals surface area contributed by atoms with Gasteiger partial charge >= 0.3 is 0 Å². The second kappa shape index (κ2) is 17.2. The second-order valence-corrected chi connectivity index (χ2v) is 11.5. The van der Waals surface area contributed by atoms with Gasteiger partial charge in [0.2, 0.25) is 0 Å². The zero-order valence-corrected chi connectivity index (χ0v) is 19.7. The smallest absolute Gasteiger partial charge is 0.0997 e. The summed E-state index contributed by atoms with van der Waals surface area (Å²) in [5.74, 6) is 1.64. The highest BCUT2D eigenvalue weighted by Crippen LogP contribution is 2.22. The van der Waals surface area contributed by atoms with E-state index in [0.29, 0.717) is 0 Å². The molecule has 1 nitrogen and oxygen atoms in total. The Balaban J connectivity index is 1.89. The molecule has 0 amide bonds. The standard InChI is InChI=1S/C26H47OS/c1-3-5-6-7-8-9-10-11-12-13-14-15-16-17-18-22-25-28(27,4-2)26-23-20-19-21-24-26/h19-21,23-24H,3-18,22,25H2,1-2H3/q+1. The van der Waals surface area contributed by atoms with Crippen molar-refractivity contribution in [3.63, 3.8) is 0 Å². The molecule has 1 rings (SSSR count). The number of hydrogen-bond donors (Lipinski definition) is 0. The topological polar surface area (TPSA) is 17.1 Å². The van der Waals surface area contributed by atoms with Gasteiger partial charge in [-0.3, -0.25) is 0 Å². The Bertz CT molecular complexity index is 496. The summed E-state index contributed by atoms with van der Waals surface area (Å²) in [5, 5.41) is 0. The molecule has 2 heteroatoms. The van der Waals surface area contributed by atoms with E-state index < -0.39 is 9.93 Å². The van der Waals surface area contributed by atoms with Gasteiger partial charge in [-0.05, 0) is 31.9 Å². The van der Waals surface area contributed by atoms with Gasteiger partial charge in [0.25, 0.3) is 0 Å². The quantitative estimate of drug-likeness (QED) is 0.165. The van der Waals surface area contributed by atoms with Crippen molar-refractivity contribution in [3.8, 4) is 0 Å². The maximum absolute atomic E-state index is 13.1. The van der Waals surface area contributed by atoms with Crippen molar-refractivity contribution in [1.82, 2.24) is 0 Å². The third-order valence-electron chi connectivity index (χ3n) is 5.97. The molecule has 1 aromatic rings. The summed E-state index contributed by atoms with van der Waals surface area (Å²) in [4.78, 5) is 1.05. The van der Waals surface area contributed by atoms with Crippen LogP contribution in [-0.4, -0.2) is 11.5 Å². The summed E-state index contributed by atoms with van der Waals surface area (Å²) in [6.07, 6.45) is 22.1. The Kier molecular flexibility index (Phi) is 15.6. The predicted molar refractivity (Wildman–Crippen MR) is 128 cm³/mol. The highest BCUT2D eigenvalue weighted by atomic mass is 32.2. The van der Waals surface area contributed by atoms with Crippen LogP contribution in [0.25, 0.3) is 0 Å². The van der Waals surface area contributed by atoms with Crippen LogP contribution in [0.5, 0.6) is 0 Å². The van der Waals surface area contributed by atoms with Crippen molar-refractivity contribution in [1.29, 1.82) is 0 Å². The van der Waals surface area contributed by atoms with Crippen LogP contribution in [0.1, 0.15) is 117 Å². The minimum Gasteiger partial charge on any atom is -0.0997 e.